The van der Waals surface area contributed by atoms with Gasteiger partial charge in [-0.2, -0.15) is 0 Å². The summed E-state index contributed by atoms with van der Waals surface area (Å²) in [5.41, 5.74) is 4.52. The lowest BCUT2D eigenvalue weighted by molar-refractivity contribution is 0.171. The van der Waals surface area contributed by atoms with Crippen molar-refractivity contribution in [2.75, 3.05) is 21.3 Å². The highest BCUT2D eigenvalue weighted by molar-refractivity contribution is 5.89. The summed E-state index contributed by atoms with van der Waals surface area (Å²) in [6.07, 6.45) is -0.850. The van der Waals surface area contributed by atoms with E-state index in [1.54, 1.807) is 19.5 Å². The number of rotatable bonds is 0. The Hall–Kier alpha value is -1.30. The minimum Gasteiger partial charge on any atom is -0.453 e. The second kappa shape index (κ2) is 8.70. The Bertz CT molecular complexity index is 126. The zero-order valence-corrected chi connectivity index (χ0v) is 6.71. The number of ether oxygens (including phenoxy) is 2. The van der Waals surface area contributed by atoms with Gasteiger partial charge in [0, 0.05) is 14.2 Å². The van der Waals surface area contributed by atoms with E-state index in [0.717, 1.165) is 7.11 Å². The third kappa shape index (κ3) is 17.7. The van der Waals surface area contributed by atoms with Crippen molar-refractivity contribution in [3.05, 3.63) is 0 Å². The fourth-order valence-corrected chi connectivity index (χ4v) is 0.152. The average molecular weight is 164 g/mol. The largest absolute Gasteiger partial charge is 0.453 e. The van der Waals surface area contributed by atoms with Gasteiger partial charge >= 0.3 is 12.1 Å². The Labute approximate surface area is 64.6 Å². The van der Waals surface area contributed by atoms with Crippen molar-refractivity contribution < 1.29 is 19.1 Å². The number of hydrogen-bond donors (Lipinski definition) is 2. The number of nitrogens with two attached hydrogens (primary N) is 1. The molecule has 3 N–H and O–H groups in total. The molecule has 0 atom stereocenters. The topological polar surface area (TPSA) is 90.7 Å². The first-order valence-electron chi connectivity index (χ1n) is 2.63. The Morgan fingerprint density at radius 2 is 1.64 bits per heavy atom. The molecule has 0 aliphatic heterocycles. The predicted octanol–water partition coefficient (Wildman–Crippen LogP) is -0.316. The molecule has 3 amide bonds. The molecule has 0 spiro atoms. The van der Waals surface area contributed by atoms with Crippen molar-refractivity contribution >= 4 is 12.1 Å². The monoisotopic (exact) mass is 164 g/mol. The zero-order valence-electron chi connectivity index (χ0n) is 6.71. The molecule has 0 radical (unpaired) electrons. The summed E-state index contributed by atoms with van der Waals surface area (Å²) in [5.74, 6) is 0. The van der Waals surface area contributed by atoms with Crippen molar-refractivity contribution in [2.45, 2.75) is 0 Å². The lowest BCUT2D eigenvalue weighted by atomic mass is 11.0. The van der Waals surface area contributed by atoms with E-state index in [4.69, 9.17) is 0 Å². The highest BCUT2D eigenvalue weighted by Gasteiger charge is 1.98. The molecule has 0 saturated carbocycles. The van der Waals surface area contributed by atoms with Crippen LogP contribution < -0.4 is 11.1 Å². The van der Waals surface area contributed by atoms with Gasteiger partial charge in [0.15, 0.2) is 0 Å². The number of alkyl carbamates (subject to hydrolysis) is 1. The standard InChI is InChI=1S/C3H6N2O3.C2H6O/c1-8-3(7)5-2(4)6;1-3-2/h1H3,(H3,4,5,6,7);1-2H3. The smallest absolute Gasteiger partial charge is 0.415 e. The van der Waals surface area contributed by atoms with Crippen LogP contribution in [0.4, 0.5) is 9.59 Å². The first kappa shape index (κ1) is 12.4. The summed E-state index contributed by atoms with van der Waals surface area (Å²) in [6, 6.07) is -0.920. The maximum Gasteiger partial charge on any atom is 0.415 e. The van der Waals surface area contributed by atoms with Gasteiger partial charge < -0.3 is 15.2 Å². The number of amides is 3. The van der Waals surface area contributed by atoms with Gasteiger partial charge in [-0.3, -0.25) is 0 Å². The van der Waals surface area contributed by atoms with E-state index in [2.05, 4.69) is 15.2 Å². The van der Waals surface area contributed by atoms with E-state index in [1.807, 2.05) is 0 Å². The Kier molecular flexibility index (Phi) is 9.79. The number of carbonyl (C=O) groups excluding carboxylic acids is 2. The SMILES string of the molecule is COC.COC(=O)NC(N)=O. The third-order valence-electron chi connectivity index (χ3n) is 0.411. The molecule has 0 aromatic carbocycles. The molecule has 6 heteroatoms. The van der Waals surface area contributed by atoms with Crippen LogP contribution in [0.3, 0.4) is 0 Å². The summed E-state index contributed by atoms with van der Waals surface area (Å²) < 4.78 is 8.26. The minimum absolute atomic E-state index is 0.850. The van der Waals surface area contributed by atoms with E-state index in [1.165, 1.54) is 0 Å². The molecular formula is C5H12N2O4. The second-order valence-electron chi connectivity index (χ2n) is 1.39. The predicted molar refractivity (Wildman–Crippen MR) is 38.1 cm³/mol. The van der Waals surface area contributed by atoms with E-state index in [-0.39, 0.29) is 0 Å². The molecule has 0 bridgehead atoms. The number of urea groups is 1. The summed E-state index contributed by atoms with van der Waals surface area (Å²) in [5, 5.41) is 1.67. The maximum atomic E-state index is 9.99. The minimum atomic E-state index is -0.920. The first-order valence-corrected chi connectivity index (χ1v) is 2.63. The fraction of sp³-hybridized carbons (Fsp3) is 0.600. The highest BCUT2D eigenvalue weighted by atomic mass is 16.5. The van der Waals surface area contributed by atoms with Crippen LogP contribution >= 0.6 is 0 Å². The van der Waals surface area contributed by atoms with Gasteiger partial charge in [-0.1, -0.05) is 0 Å². The first-order chi connectivity index (χ1) is 5.08. The molecule has 0 aromatic heterocycles. The molecule has 66 valence electrons. The quantitative estimate of drug-likeness (QED) is 0.513. The Morgan fingerprint density at radius 1 is 1.27 bits per heavy atom. The van der Waals surface area contributed by atoms with E-state index < -0.39 is 12.1 Å². The van der Waals surface area contributed by atoms with Crippen molar-refractivity contribution in [3.63, 3.8) is 0 Å². The molecule has 0 saturated heterocycles. The molecule has 0 aliphatic rings. The second-order valence-corrected chi connectivity index (χ2v) is 1.39. The van der Waals surface area contributed by atoms with Gasteiger partial charge in [0.25, 0.3) is 0 Å². The van der Waals surface area contributed by atoms with Crippen LogP contribution in [0, 0.1) is 0 Å². The summed E-state index contributed by atoms with van der Waals surface area (Å²) in [4.78, 5) is 19.8. The van der Waals surface area contributed by atoms with Crippen LogP contribution in [0.25, 0.3) is 0 Å². The lowest BCUT2D eigenvalue weighted by Gasteiger charge is -1.94. The number of methoxy groups -OCH3 is 2. The number of hydrogen-bond acceptors (Lipinski definition) is 4. The van der Waals surface area contributed by atoms with Gasteiger partial charge in [-0.25, -0.2) is 14.9 Å². The molecule has 0 fully saturated rings. The van der Waals surface area contributed by atoms with Crippen molar-refractivity contribution in [1.29, 1.82) is 0 Å². The summed E-state index contributed by atoms with van der Waals surface area (Å²) in [6.45, 7) is 0. The third-order valence-corrected chi connectivity index (χ3v) is 0.411. The highest BCUT2D eigenvalue weighted by Crippen LogP contribution is 1.66. The van der Waals surface area contributed by atoms with Crippen LogP contribution in [0.2, 0.25) is 0 Å². The number of carbonyl (C=O) groups is 2. The Balaban J connectivity index is 0. The number of nitrogens with one attached hydrogen (secondary N) is 1. The van der Waals surface area contributed by atoms with E-state index >= 15 is 0 Å². The number of imide groups is 1. The summed E-state index contributed by atoms with van der Waals surface area (Å²) in [7, 11) is 4.39. The van der Waals surface area contributed by atoms with Gasteiger partial charge in [-0.05, 0) is 0 Å². The lowest BCUT2D eigenvalue weighted by Crippen LogP contribution is -2.34. The van der Waals surface area contributed by atoms with Crippen LogP contribution in [0.1, 0.15) is 0 Å². The zero-order chi connectivity index (χ0) is 9.28. The van der Waals surface area contributed by atoms with Crippen molar-refractivity contribution in [1.82, 2.24) is 5.32 Å². The van der Waals surface area contributed by atoms with Gasteiger partial charge in [0.05, 0.1) is 7.11 Å². The molecule has 6 nitrogen and oxygen atoms in total. The maximum absolute atomic E-state index is 9.99. The van der Waals surface area contributed by atoms with Crippen LogP contribution in [-0.2, 0) is 9.47 Å². The van der Waals surface area contributed by atoms with Crippen LogP contribution in [0.5, 0.6) is 0 Å². The molecule has 0 rings (SSSR count). The van der Waals surface area contributed by atoms with Gasteiger partial charge in [-0.15, -0.1) is 0 Å². The molecular weight excluding hydrogens is 152 g/mol. The average Bonchev–Trinajstić information content (AvgIpc) is 1.88. The molecule has 0 aliphatic carbocycles. The normalized spacial score (nSPS) is 7.18. The van der Waals surface area contributed by atoms with E-state index in [0.29, 0.717) is 0 Å². The van der Waals surface area contributed by atoms with Crippen molar-refractivity contribution in [2.24, 2.45) is 5.73 Å². The fourth-order valence-electron chi connectivity index (χ4n) is 0.152. The van der Waals surface area contributed by atoms with Crippen LogP contribution in [0.15, 0.2) is 0 Å². The molecule has 0 unspecified atom stereocenters. The molecule has 11 heavy (non-hydrogen) atoms. The Morgan fingerprint density at radius 3 is 1.73 bits per heavy atom. The van der Waals surface area contributed by atoms with Gasteiger partial charge in [0.1, 0.15) is 0 Å². The number of primary amides is 1. The van der Waals surface area contributed by atoms with Gasteiger partial charge in [0.2, 0.25) is 0 Å². The van der Waals surface area contributed by atoms with E-state index in [9.17, 15) is 9.59 Å². The van der Waals surface area contributed by atoms with Crippen LogP contribution in [-0.4, -0.2) is 33.5 Å². The molecule has 0 heterocycles. The van der Waals surface area contributed by atoms with Crippen molar-refractivity contribution in [3.8, 4) is 0 Å². The molecule has 0 aromatic rings. The summed E-state index contributed by atoms with van der Waals surface area (Å²) >= 11 is 0.